The van der Waals surface area contributed by atoms with Gasteiger partial charge in [0.15, 0.2) is 15.0 Å². The number of carbonyl (C=O) groups is 1. The minimum atomic E-state index is -3.58. The second-order valence-corrected chi connectivity index (χ2v) is 9.51. The predicted molar refractivity (Wildman–Crippen MR) is 118 cm³/mol. The average Bonchev–Trinajstić information content (AvgIpc) is 3.08. The van der Waals surface area contributed by atoms with E-state index < -0.39 is 9.84 Å². The number of thioether (sulfide) groups is 1. The standard InChI is InChI=1S/C21H22N4O3S2/c1-3-13-25-19(15-30(27,28)18-11-9-16(2)10-12-18)23-24-21(25)29-14-20(26)22-17-7-5-4-6-8-17/h3-12H,1,13-15H2,2H3,(H,22,26). The van der Waals surface area contributed by atoms with E-state index in [0.717, 1.165) is 5.56 Å². The third-order valence-electron chi connectivity index (χ3n) is 4.19. The van der Waals surface area contributed by atoms with Gasteiger partial charge >= 0.3 is 0 Å². The molecule has 0 fully saturated rings. The first-order valence-corrected chi connectivity index (χ1v) is 11.8. The summed E-state index contributed by atoms with van der Waals surface area (Å²) in [4.78, 5) is 12.4. The number of amides is 1. The molecule has 1 aromatic heterocycles. The number of sulfone groups is 1. The minimum absolute atomic E-state index is 0.120. The van der Waals surface area contributed by atoms with Gasteiger partial charge in [-0.25, -0.2) is 8.42 Å². The van der Waals surface area contributed by atoms with E-state index in [1.54, 1.807) is 47.0 Å². The Morgan fingerprint density at radius 1 is 1.13 bits per heavy atom. The van der Waals surface area contributed by atoms with Crippen molar-refractivity contribution in [2.24, 2.45) is 0 Å². The number of nitrogens with zero attached hydrogens (tertiary/aromatic N) is 3. The summed E-state index contributed by atoms with van der Waals surface area (Å²) >= 11 is 1.19. The normalized spacial score (nSPS) is 11.2. The van der Waals surface area contributed by atoms with Gasteiger partial charge in [0.2, 0.25) is 5.91 Å². The van der Waals surface area contributed by atoms with Crippen molar-refractivity contribution >= 4 is 33.2 Å². The number of carbonyl (C=O) groups excluding carboxylic acids is 1. The molecule has 7 nitrogen and oxygen atoms in total. The first-order valence-electron chi connectivity index (χ1n) is 9.19. The van der Waals surface area contributed by atoms with E-state index in [2.05, 4.69) is 22.1 Å². The van der Waals surface area contributed by atoms with Gasteiger partial charge < -0.3 is 9.88 Å². The molecule has 0 aliphatic carbocycles. The Kier molecular flexibility index (Phi) is 7.07. The molecule has 0 radical (unpaired) electrons. The molecule has 0 aliphatic heterocycles. The van der Waals surface area contributed by atoms with E-state index in [4.69, 9.17) is 0 Å². The van der Waals surface area contributed by atoms with Crippen LogP contribution in [0, 0.1) is 6.92 Å². The van der Waals surface area contributed by atoms with Crippen LogP contribution in [0.15, 0.2) is 77.3 Å². The third kappa shape index (κ3) is 5.58. The SMILES string of the molecule is C=CCn1c(CS(=O)(=O)c2ccc(C)cc2)nnc1SCC(=O)Nc1ccccc1. The molecule has 3 rings (SSSR count). The monoisotopic (exact) mass is 442 g/mol. The van der Waals surface area contributed by atoms with Crippen LogP contribution >= 0.6 is 11.8 Å². The van der Waals surface area contributed by atoms with Crippen molar-refractivity contribution in [2.75, 3.05) is 11.1 Å². The van der Waals surface area contributed by atoms with Crippen LogP contribution in [0.25, 0.3) is 0 Å². The Morgan fingerprint density at radius 3 is 2.50 bits per heavy atom. The highest BCUT2D eigenvalue weighted by Crippen LogP contribution is 2.21. The second kappa shape index (κ2) is 9.73. The Morgan fingerprint density at radius 2 is 1.83 bits per heavy atom. The third-order valence-corrected chi connectivity index (χ3v) is 6.79. The number of para-hydroxylation sites is 1. The lowest BCUT2D eigenvalue weighted by atomic mass is 10.2. The fraction of sp³-hybridized carbons (Fsp3) is 0.190. The highest BCUT2D eigenvalue weighted by atomic mass is 32.2. The molecule has 1 heterocycles. The molecule has 1 amide bonds. The number of benzene rings is 2. The molecule has 0 spiro atoms. The van der Waals surface area contributed by atoms with Crippen LogP contribution in [0.1, 0.15) is 11.4 Å². The molecule has 0 saturated heterocycles. The zero-order valence-electron chi connectivity index (χ0n) is 16.5. The van der Waals surface area contributed by atoms with Gasteiger partial charge in [-0.05, 0) is 31.2 Å². The number of anilines is 1. The van der Waals surface area contributed by atoms with Crippen molar-refractivity contribution in [3.05, 3.63) is 78.6 Å². The molecular weight excluding hydrogens is 420 g/mol. The van der Waals surface area contributed by atoms with Crippen LogP contribution in [-0.4, -0.2) is 34.8 Å². The van der Waals surface area contributed by atoms with Gasteiger partial charge in [-0.2, -0.15) is 0 Å². The van der Waals surface area contributed by atoms with E-state index in [0.29, 0.717) is 23.2 Å². The van der Waals surface area contributed by atoms with E-state index in [1.165, 1.54) is 11.8 Å². The van der Waals surface area contributed by atoms with E-state index >= 15 is 0 Å². The first kappa shape index (κ1) is 21.8. The number of allylic oxidation sites excluding steroid dienone is 1. The van der Waals surface area contributed by atoms with E-state index in [1.807, 2.05) is 25.1 Å². The lowest BCUT2D eigenvalue weighted by Gasteiger charge is -2.09. The first-order chi connectivity index (χ1) is 14.4. The lowest BCUT2D eigenvalue weighted by Crippen LogP contribution is -2.15. The smallest absolute Gasteiger partial charge is 0.234 e. The average molecular weight is 443 g/mol. The summed E-state index contributed by atoms with van der Waals surface area (Å²) in [6.07, 6.45) is 1.64. The molecule has 0 unspecified atom stereocenters. The Bertz CT molecular complexity index is 1120. The van der Waals surface area contributed by atoms with Gasteiger partial charge in [0, 0.05) is 12.2 Å². The minimum Gasteiger partial charge on any atom is -0.325 e. The summed E-state index contributed by atoms with van der Waals surface area (Å²) < 4.78 is 27.2. The molecule has 2 aromatic carbocycles. The van der Waals surface area contributed by atoms with Crippen LogP contribution in [0.3, 0.4) is 0 Å². The molecular formula is C21H22N4O3S2. The van der Waals surface area contributed by atoms with Gasteiger partial charge in [0.1, 0.15) is 11.6 Å². The molecule has 3 aromatic rings. The summed E-state index contributed by atoms with van der Waals surface area (Å²) in [5, 5.41) is 11.4. The van der Waals surface area contributed by atoms with Crippen molar-refractivity contribution in [3.63, 3.8) is 0 Å². The highest BCUT2D eigenvalue weighted by Gasteiger charge is 2.21. The zero-order chi connectivity index (χ0) is 21.6. The van der Waals surface area contributed by atoms with E-state index in [-0.39, 0.29) is 22.3 Å². The van der Waals surface area contributed by atoms with Crippen LogP contribution in [0.5, 0.6) is 0 Å². The summed E-state index contributed by atoms with van der Waals surface area (Å²) in [5.41, 5.74) is 1.69. The van der Waals surface area contributed by atoms with Crippen molar-refractivity contribution in [1.29, 1.82) is 0 Å². The Hall–Kier alpha value is -2.91. The zero-order valence-corrected chi connectivity index (χ0v) is 18.1. The topological polar surface area (TPSA) is 93.9 Å². The molecule has 0 saturated carbocycles. The summed E-state index contributed by atoms with van der Waals surface area (Å²) in [7, 11) is -3.58. The molecule has 30 heavy (non-hydrogen) atoms. The quantitative estimate of drug-likeness (QED) is 0.403. The van der Waals surface area contributed by atoms with Gasteiger partial charge in [-0.1, -0.05) is 53.7 Å². The maximum Gasteiger partial charge on any atom is 0.234 e. The van der Waals surface area contributed by atoms with E-state index in [9.17, 15) is 13.2 Å². The lowest BCUT2D eigenvalue weighted by molar-refractivity contribution is -0.113. The molecule has 9 heteroatoms. The summed E-state index contributed by atoms with van der Waals surface area (Å²) in [5.74, 6) is -0.0441. The fourth-order valence-corrected chi connectivity index (χ4v) is 4.73. The maximum absolute atomic E-state index is 12.8. The number of rotatable bonds is 9. The largest absolute Gasteiger partial charge is 0.325 e. The fourth-order valence-electron chi connectivity index (χ4n) is 2.69. The van der Waals surface area contributed by atoms with Crippen LogP contribution < -0.4 is 5.32 Å². The van der Waals surface area contributed by atoms with Gasteiger partial charge in [-0.3, -0.25) is 4.79 Å². The van der Waals surface area contributed by atoms with Crippen molar-refractivity contribution in [2.45, 2.75) is 29.3 Å². The van der Waals surface area contributed by atoms with Gasteiger partial charge in [0.05, 0.1) is 10.6 Å². The van der Waals surface area contributed by atoms with Crippen molar-refractivity contribution in [3.8, 4) is 0 Å². The summed E-state index contributed by atoms with van der Waals surface area (Å²) in [6, 6.07) is 15.8. The summed E-state index contributed by atoms with van der Waals surface area (Å²) in [6.45, 7) is 5.96. The molecule has 1 N–H and O–H groups in total. The number of hydrogen-bond acceptors (Lipinski definition) is 6. The molecule has 0 atom stereocenters. The molecule has 0 aliphatic rings. The molecule has 156 valence electrons. The van der Waals surface area contributed by atoms with Crippen LogP contribution in [-0.2, 0) is 26.9 Å². The Labute approximate surface area is 180 Å². The van der Waals surface area contributed by atoms with Gasteiger partial charge in [-0.15, -0.1) is 16.8 Å². The number of aromatic nitrogens is 3. The number of aryl methyl sites for hydroxylation is 1. The maximum atomic E-state index is 12.8. The highest BCUT2D eigenvalue weighted by molar-refractivity contribution is 7.99. The van der Waals surface area contributed by atoms with Crippen molar-refractivity contribution in [1.82, 2.24) is 14.8 Å². The van der Waals surface area contributed by atoms with Crippen LogP contribution in [0.2, 0.25) is 0 Å². The number of hydrogen-bond donors (Lipinski definition) is 1. The predicted octanol–water partition coefficient (Wildman–Crippen LogP) is 3.48. The van der Waals surface area contributed by atoms with Gasteiger partial charge in [0.25, 0.3) is 0 Å². The second-order valence-electron chi connectivity index (χ2n) is 6.57. The van der Waals surface area contributed by atoms with Crippen LogP contribution in [0.4, 0.5) is 5.69 Å². The van der Waals surface area contributed by atoms with Crippen molar-refractivity contribution < 1.29 is 13.2 Å². The number of nitrogens with one attached hydrogen (secondary N) is 1. The molecule has 0 bridgehead atoms. The Balaban J connectivity index is 1.72.